The van der Waals surface area contributed by atoms with E-state index >= 15 is 0 Å². The summed E-state index contributed by atoms with van der Waals surface area (Å²) >= 11 is 0. The first-order valence-electron chi connectivity index (χ1n) is 6.27. The number of hydrogen-bond acceptors (Lipinski definition) is 6. The number of nitrogen functional groups attached to an aromatic ring is 1. The third-order valence-electron chi connectivity index (χ3n) is 2.92. The molecular formula is C12H18N4O3. The van der Waals surface area contributed by atoms with Gasteiger partial charge in [-0.05, 0) is 24.8 Å². The van der Waals surface area contributed by atoms with Gasteiger partial charge in [-0.1, -0.05) is 0 Å². The lowest BCUT2D eigenvalue weighted by atomic mass is 10.2. The van der Waals surface area contributed by atoms with Gasteiger partial charge in [0.2, 0.25) is 0 Å². The number of non-ortho nitro benzene ring substituents is 1. The van der Waals surface area contributed by atoms with E-state index in [9.17, 15) is 10.1 Å². The summed E-state index contributed by atoms with van der Waals surface area (Å²) in [6, 6.07) is 4.57. The molecule has 0 atom stereocenters. The molecule has 0 radical (unpaired) electrons. The number of benzene rings is 1. The van der Waals surface area contributed by atoms with Crippen molar-refractivity contribution < 1.29 is 9.66 Å². The Kier molecular flexibility index (Phi) is 4.53. The molecule has 1 aromatic carbocycles. The second-order valence-corrected chi connectivity index (χ2v) is 4.62. The monoisotopic (exact) mass is 266 g/mol. The van der Waals surface area contributed by atoms with Gasteiger partial charge in [0.15, 0.2) is 0 Å². The van der Waals surface area contributed by atoms with E-state index in [4.69, 9.17) is 10.6 Å². The fraction of sp³-hybridized carbons (Fsp3) is 0.500. The van der Waals surface area contributed by atoms with Gasteiger partial charge in [0.1, 0.15) is 0 Å². The first-order chi connectivity index (χ1) is 9.19. The molecule has 7 heteroatoms. The molecule has 4 N–H and O–H groups in total. The number of nitrogens with one attached hydrogen (secondary N) is 2. The predicted molar refractivity (Wildman–Crippen MR) is 72.9 cm³/mol. The van der Waals surface area contributed by atoms with Crippen LogP contribution in [-0.4, -0.2) is 24.7 Å². The first-order valence-corrected chi connectivity index (χ1v) is 6.27. The summed E-state index contributed by atoms with van der Waals surface area (Å²) in [5, 5.41) is 13.8. The Hall–Kier alpha value is -1.86. The van der Waals surface area contributed by atoms with Crippen LogP contribution in [0.2, 0.25) is 0 Å². The maximum Gasteiger partial charge on any atom is 0.273 e. The summed E-state index contributed by atoms with van der Waals surface area (Å²) in [7, 11) is 0. The van der Waals surface area contributed by atoms with Crippen molar-refractivity contribution in [3.05, 3.63) is 28.3 Å². The number of nitrogens with zero attached hydrogens (tertiary/aromatic N) is 1. The summed E-state index contributed by atoms with van der Waals surface area (Å²) in [6.45, 7) is 2.01. The molecule has 0 saturated heterocycles. The number of hydrazine groups is 1. The van der Waals surface area contributed by atoms with Crippen molar-refractivity contribution in [3.8, 4) is 0 Å². The molecular weight excluding hydrogens is 248 g/mol. The predicted octanol–water partition coefficient (Wildman–Crippen LogP) is 1.72. The zero-order valence-electron chi connectivity index (χ0n) is 10.6. The number of nitro groups is 1. The van der Waals surface area contributed by atoms with Crippen molar-refractivity contribution in [1.29, 1.82) is 0 Å². The third kappa shape index (κ3) is 4.38. The second-order valence-electron chi connectivity index (χ2n) is 4.62. The van der Waals surface area contributed by atoms with E-state index in [0.717, 1.165) is 12.5 Å². The van der Waals surface area contributed by atoms with Crippen LogP contribution in [0.1, 0.15) is 12.8 Å². The highest BCUT2D eigenvalue weighted by atomic mass is 16.6. The third-order valence-corrected chi connectivity index (χ3v) is 2.92. The molecule has 7 nitrogen and oxygen atoms in total. The second kappa shape index (κ2) is 6.35. The Bertz CT molecular complexity index is 449. The number of nitrogens with two attached hydrogens (primary N) is 1. The van der Waals surface area contributed by atoms with E-state index < -0.39 is 4.92 Å². The normalized spacial score (nSPS) is 14.2. The van der Waals surface area contributed by atoms with Gasteiger partial charge in [0.25, 0.3) is 5.69 Å². The summed E-state index contributed by atoms with van der Waals surface area (Å²) in [4.78, 5) is 10.3. The summed E-state index contributed by atoms with van der Waals surface area (Å²) in [6.07, 6.45) is 2.54. The van der Waals surface area contributed by atoms with Crippen LogP contribution in [0.3, 0.4) is 0 Å². The summed E-state index contributed by atoms with van der Waals surface area (Å²) < 4.78 is 5.48. The van der Waals surface area contributed by atoms with Crippen LogP contribution in [0, 0.1) is 16.0 Å². The summed E-state index contributed by atoms with van der Waals surface area (Å²) in [5.74, 6) is 6.02. The average Bonchev–Trinajstić information content (AvgIpc) is 3.22. The number of rotatable bonds is 8. The molecule has 0 aliphatic heterocycles. The van der Waals surface area contributed by atoms with Crippen LogP contribution in [0.4, 0.5) is 17.1 Å². The molecule has 104 valence electrons. The van der Waals surface area contributed by atoms with Crippen molar-refractivity contribution in [2.24, 2.45) is 11.8 Å². The Balaban J connectivity index is 1.83. The van der Waals surface area contributed by atoms with E-state index in [1.54, 1.807) is 6.07 Å². The Morgan fingerprint density at radius 2 is 2.11 bits per heavy atom. The van der Waals surface area contributed by atoms with Crippen molar-refractivity contribution in [1.82, 2.24) is 0 Å². The van der Waals surface area contributed by atoms with Gasteiger partial charge in [-0.15, -0.1) is 0 Å². The van der Waals surface area contributed by atoms with Gasteiger partial charge >= 0.3 is 0 Å². The molecule has 0 spiro atoms. The fourth-order valence-electron chi connectivity index (χ4n) is 1.70. The molecule has 1 aromatic rings. The SMILES string of the molecule is NNc1cc(NCCOCC2CC2)cc([N+](=O)[O-])c1. The van der Waals surface area contributed by atoms with Gasteiger partial charge in [0, 0.05) is 31.0 Å². The molecule has 0 aromatic heterocycles. The molecule has 1 aliphatic carbocycles. The molecule has 19 heavy (non-hydrogen) atoms. The molecule has 1 aliphatic rings. The maximum atomic E-state index is 10.8. The van der Waals surface area contributed by atoms with Crippen LogP contribution in [0.25, 0.3) is 0 Å². The van der Waals surface area contributed by atoms with E-state index in [-0.39, 0.29) is 5.69 Å². The largest absolute Gasteiger partial charge is 0.382 e. The minimum absolute atomic E-state index is 0.00292. The molecule has 0 bridgehead atoms. The van der Waals surface area contributed by atoms with Crippen molar-refractivity contribution >= 4 is 17.1 Å². The first kappa shape index (κ1) is 13.6. The Morgan fingerprint density at radius 1 is 1.37 bits per heavy atom. The maximum absolute atomic E-state index is 10.8. The van der Waals surface area contributed by atoms with E-state index in [1.807, 2.05) is 0 Å². The molecule has 1 saturated carbocycles. The lowest BCUT2D eigenvalue weighted by molar-refractivity contribution is -0.384. The lowest BCUT2D eigenvalue weighted by Gasteiger charge is -2.09. The lowest BCUT2D eigenvalue weighted by Crippen LogP contribution is -2.12. The van der Waals surface area contributed by atoms with Crippen LogP contribution >= 0.6 is 0 Å². The number of hydrogen-bond donors (Lipinski definition) is 3. The average molecular weight is 266 g/mol. The molecule has 2 rings (SSSR count). The zero-order chi connectivity index (χ0) is 13.7. The standard InChI is InChI=1S/C12H18N4O3/c13-15-11-5-10(6-12(7-11)16(17)18)14-3-4-19-8-9-1-2-9/h5-7,9,14-15H,1-4,8,13H2. The molecule has 1 fully saturated rings. The van der Waals surface area contributed by atoms with E-state index in [0.29, 0.717) is 24.5 Å². The van der Waals surface area contributed by atoms with Crippen LogP contribution in [0.15, 0.2) is 18.2 Å². The highest BCUT2D eigenvalue weighted by Gasteiger charge is 2.20. The molecule has 0 amide bonds. The van der Waals surface area contributed by atoms with Gasteiger partial charge in [-0.25, -0.2) is 0 Å². The molecule has 0 unspecified atom stereocenters. The van der Waals surface area contributed by atoms with Crippen molar-refractivity contribution in [2.45, 2.75) is 12.8 Å². The minimum atomic E-state index is -0.449. The number of nitro benzene ring substituents is 1. The van der Waals surface area contributed by atoms with Gasteiger partial charge in [0.05, 0.1) is 17.2 Å². The quantitative estimate of drug-likeness (QED) is 0.286. The van der Waals surface area contributed by atoms with E-state index in [2.05, 4.69) is 10.7 Å². The zero-order valence-corrected chi connectivity index (χ0v) is 10.6. The fourth-order valence-corrected chi connectivity index (χ4v) is 1.70. The Morgan fingerprint density at radius 3 is 2.74 bits per heavy atom. The number of ether oxygens (including phenoxy) is 1. The van der Waals surface area contributed by atoms with Crippen LogP contribution in [0.5, 0.6) is 0 Å². The minimum Gasteiger partial charge on any atom is -0.382 e. The highest BCUT2D eigenvalue weighted by molar-refractivity contribution is 5.63. The number of anilines is 2. The van der Waals surface area contributed by atoms with E-state index in [1.165, 1.54) is 25.0 Å². The van der Waals surface area contributed by atoms with Gasteiger partial charge in [-0.2, -0.15) is 0 Å². The van der Waals surface area contributed by atoms with Gasteiger partial charge < -0.3 is 15.5 Å². The van der Waals surface area contributed by atoms with Crippen molar-refractivity contribution in [2.75, 3.05) is 30.5 Å². The van der Waals surface area contributed by atoms with Gasteiger partial charge in [-0.3, -0.25) is 16.0 Å². The Labute approximate surface area is 111 Å². The van der Waals surface area contributed by atoms with Crippen molar-refractivity contribution in [3.63, 3.8) is 0 Å². The molecule has 0 heterocycles. The highest BCUT2D eigenvalue weighted by Crippen LogP contribution is 2.28. The van der Waals surface area contributed by atoms with Crippen LogP contribution < -0.4 is 16.6 Å². The summed E-state index contributed by atoms with van der Waals surface area (Å²) in [5.41, 5.74) is 3.55. The smallest absolute Gasteiger partial charge is 0.273 e. The topological polar surface area (TPSA) is 102 Å². The van der Waals surface area contributed by atoms with Crippen LogP contribution in [-0.2, 0) is 4.74 Å².